The first-order valence-electron chi connectivity index (χ1n) is 12.5. The second-order valence-electron chi connectivity index (χ2n) is 10.2. The lowest BCUT2D eigenvalue weighted by Gasteiger charge is -2.35. The molecule has 2 aromatic carbocycles. The van der Waals surface area contributed by atoms with Gasteiger partial charge in [0.15, 0.2) is 5.82 Å². The molecule has 1 amide bonds. The van der Waals surface area contributed by atoms with Crippen molar-refractivity contribution in [1.29, 1.82) is 0 Å². The summed E-state index contributed by atoms with van der Waals surface area (Å²) >= 11 is 0. The fraction of sp³-hybridized carbons (Fsp3) is 0.444. The molecule has 0 aliphatic carbocycles. The molecule has 6 nitrogen and oxygen atoms in total. The van der Waals surface area contributed by atoms with Crippen molar-refractivity contribution in [1.82, 2.24) is 15.0 Å². The van der Waals surface area contributed by atoms with Gasteiger partial charge in [-0.25, -0.2) is 4.39 Å². The molecule has 2 saturated heterocycles. The summed E-state index contributed by atoms with van der Waals surface area (Å²) in [5.41, 5.74) is -2.59. The molecule has 0 saturated carbocycles. The molecule has 5 atom stereocenters. The maximum absolute atomic E-state index is 13.7. The van der Waals surface area contributed by atoms with E-state index in [1.165, 1.54) is 31.2 Å². The number of carbonyl (C=O) groups excluding carboxylic acids is 1. The van der Waals surface area contributed by atoms with Crippen LogP contribution in [0.3, 0.4) is 0 Å². The van der Waals surface area contributed by atoms with Crippen LogP contribution >= 0.6 is 0 Å². The molecule has 5 rings (SSSR count). The SMILES string of the molecule is Cc1noc(C2CC(=O)N3CC(O[C@H](C)c4cc(C(F)(F)F)cc(C(F)(F)F)c4)[C@@H](c4ccc(F)cc4)C3C2)n1. The lowest BCUT2D eigenvalue weighted by Crippen LogP contribution is -2.43. The number of piperidine rings is 1. The number of hydrogen-bond donors (Lipinski definition) is 0. The summed E-state index contributed by atoms with van der Waals surface area (Å²) in [7, 11) is 0. The zero-order valence-electron chi connectivity index (χ0n) is 21.3. The number of fused-ring (bicyclic) bond motifs is 1. The molecule has 40 heavy (non-hydrogen) atoms. The number of ether oxygens (including phenoxy) is 1. The van der Waals surface area contributed by atoms with Crippen molar-refractivity contribution in [3.8, 4) is 0 Å². The predicted octanol–water partition coefficient (Wildman–Crippen LogP) is 6.57. The second-order valence-corrected chi connectivity index (χ2v) is 10.2. The number of amides is 1. The number of benzene rings is 2. The molecule has 0 N–H and O–H groups in total. The number of alkyl halides is 6. The van der Waals surface area contributed by atoms with E-state index in [9.17, 15) is 35.5 Å². The molecule has 0 radical (unpaired) electrons. The van der Waals surface area contributed by atoms with E-state index in [1.807, 2.05) is 0 Å². The van der Waals surface area contributed by atoms with Gasteiger partial charge in [-0.2, -0.15) is 31.3 Å². The largest absolute Gasteiger partial charge is 0.416 e. The standard InChI is InChI=1S/C27H24F7N3O3/c1-13(16-7-18(26(29,30)31)11-19(8-16)27(32,33)34)39-22-12-37-21(24(22)15-3-5-20(28)6-4-15)9-17(10-23(37)38)25-35-14(2)36-40-25/h3-8,11,13,17,21-22,24H,9-10,12H2,1-2H3/t13-,17?,21?,22?,24+/m1/s1. The van der Waals surface area contributed by atoms with Gasteiger partial charge in [0.2, 0.25) is 11.8 Å². The van der Waals surface area contributed by atoms with Crippen LogP contribution in [0.15, 0.2) is 47.0 Å². The Morgan fingerprint density at radius 2 is 1.65 bits per heavy atom. The average Bonchev–Trinajstić information content (AvgIpc) is 3.47. The van der Waals surface area contributed by atoms with E-state index in [0.717, 1.165) is 0 Å². The number of aryl methyl sites for hydroxylation is 1. The fourth-order valence-corrected chi connectivity index (χ4v) is 5.62. The first kappa shape index (κ1) is 28.1. The molecule has 0 spiro atoms. The van der Waals surface area contributed by atoms with Crippen LogP contribution in [-0.4, -0.2) is 39.6 Å². The third kappa shape index (κ3) is 5.56. The summed E-state index contributed by atoms with van der Waals surface area (Å²) in [6, 6.07) is 6.40. The van der Waals surface area contributed by atoms with Crippen LogP contribution in [0.4, 0.5) is 30.7 Å². The summed E-state index contributed by atoms with van der Waals surface area (Å²) in [5.74, 6) is -0.975. The Morgan fingerprint density at radius 1 is 1.02 bits per heavy atom. The van der Waals surface area contributed by atoms with Crippen molar-refractivity contribution < 1.29 is 44.8 Å². The van der Waals surface area contributed by atoms with Crippen molar-refractivity contribution in [2.24, 2.45) is 0 Å². The summed E-state index contributed by atoms with van der Waals surface area (Å²) in [6.07, 6.45) is -11.5. The molecule has 3 heterocycles. The summed E-state index contributed by atoms with van der Waals surface area (Å²) < 4.78 is 106. The highest BCUT2D eigenvalue weighted by atomic mass is 19.4. The van der Waals surface area contributed by atoms with Crippen molar-refractivity contribution in [2.45, 2.75) is 69.1 Å². The van der Waals surface area contributed by atoms with Crippen LogP contribution in [0.25, 0.3) is 0 Å². The minimum absolute atomic E-state index is 0.0521. The van der Waals surface area contributed by atoms with Crippen LogP contribution < -0.4 is 0 Å². The van der Waals surface area contributed by atoms with Gasteiger partial charge in [0, 0.05) is 30.8 Å². The normalized spacial score (nSPS) is 24.3. The first-order chi connectivity index (χ1) is 18.7. The molecule has 2 fully saturated rings. The van der Waals surface area contributed by atoms with Crippen molar-refractivity contribution in [2.75, 3.05) is 6.54 Å². The number of hydrogen-bond acceptors (Lipinski definition) is 5. The Hall–Kier alpha value is -3.48. The van der Waals surface area contributed by atoms with Crippen molar-refractivity contribution in [3.63, 3.8) is 0 Å². The number of halogens is 7. The summed E-state index contributed by atoms with van der Waals surface area (Å²) in [6.45, 7) is 3.06. The summed E-state index contributed by atoms with van der Waals surface area (Å²) in [4.78, 5) is 19.0. The smallest absolute Gasteiger partial charge is 0.368 e. The molecule has 214 valence electrons. The Bertz CT molecular complexity index is 1350. The molecular formula is C27H24F7N3O3. The van der Waals surface area contributed by atoms with Gasteiger partial charge in [0.25, 0.3) is 0 Å². The van der Waals surface area contributed by atoms with Crippen molar-refractivity contribution in [3.05, 3.63) is 82.3 Å². The van der Waals surface area contributed by atoms with Crippen LogP contribution in [-0.2, 0) is 21.9 Å². The molecule has 13 heteroatoms. The van der Waals surface area contributed by atoms with Gasteiger partial charge in [0.05, 0.1) is 23.3 Å². The fourth-order valence-electron chi connectivity index (χ4n) is 5.62. The highest BCUT2D eigenvalue weighted by molar-refractivity contribution is 5.79. The van der Waals surface area contributed by atoms with E-state index >= 15 is 0 Å². The monoisotopic (exact) mass is 571 g/mol. The molecule has 1 aromatic heterocycles. The predicted molar refractivity (Wildman–Crippen MR) is 125 cm³/mol. The lowest BCUT2D eigenvalue weighted by molar-refractivity contribution is -0.143. The quantitative estimate of drug-likeness (QED) is 0.324. The zero-order valence-corrected chi connectivity index (χ0v) is 21.3. The molecule has 0 bridgehead atoms. The lowest BCUT2D eigenvalue weighted by atomic mass is 9.81. The van der Waals surface area contributed by atoms with Gasteiger partial charge in [-0.3, -0.25) is 4.79 Å². The maximum Gasteiger partial charge on any atom is 0.416 e. The van der Waals surface area contributed by atoms with E-state index < -0.39 is 59.4 Å². The first-order valence-corrected chi connectivity index (χ1v) is 12.5. The Labute approximate surface area is 224 Å². The van der Waals surface area contributed by atoms with Crippen LogP contribution in [0, 0.1) is 12.7 Å². The molecule has 2 aliphatic heterocycles. The average molecular weight is 571 g/mol. The van der Waals surface area contributed by atoms with Crippen LogP contribution in [0.1, 0.15) is 71.7 Å². The van der Waals surface area contributed by atoms with E-state index in [4.69, 9.17) is 9.26 Å². The van der Waals surface area contributed by atoms with E-state index in [2.05, 4.69) is 10.1 Å². The Balaban J connectivity index is 1.48. The number of carbonyl (C=O) groups is 1. The number of nitrogens with zero attached hydrogens (tertiary/aromatic N) is 3. The van der Waals surface area contributed by atoms with E-state index in [-0.39, 0.29) is 30.5 Å². The topological polar surface area (TPSA) is 68.5 Å². The van der Waals surface area contributed by atoms with Gasteiger partial charge in [-0.1, -0.05) is 17.3 Å². The second kappa shape index (κ2) is 10.2. The van der Waals surface area contributed by atoms with Gasteiger partial charge in [-0.05, 0) is 61.7 Å². The maximum atomic E-state index is 13.7. The van der Waals surface area contributed by atoms with Crippen LogP contribution in [0.5, 0.6) is 0 Å². The molecule has 3 unspecified atom stereocenters. The van der Waals surface area contributed by atoms with E-state index in [1.54, 1.807) is 11.8 Å². The minimum atomic E-state index is -5.01. The van der Waals surface area contributed by atoms with Crippen LogP contribution in [0.2, 0.25) is 0 Å². The molecular weight excluding hydrogens is 547 g/mol. The highest BCUT2D eigenvalue weighted by Gasteiger charge is 2.50. The third-order valence-electron chi connectivity index (χ3n) is 7.47. The van der Waals surface area contributed by atoms with Gasteiger partial charge >= 0.3 is 12.4 Å². The number of aromatic nitrogens is 2. The Kier molecular flexibility index (Phi) is 7.13. The van der Waals surface area contributed by atoms with Gasteiger partial charge < -0.3 is 14.2 Å². The Morgan fingerprint density at radius 3 is 2.20 bits per heavy atom. The zero-order chi connectivity index (χ0) is 29.0. The van der Waals surface area contributed by atoms with Gasteiger partial charge in [0.1, 0.15) is 5.82 Å². The highest BCUT2D eigenvalue weighted by Crippen LogP contribution is 2.46. The summed E-state index contributed by atoms with van der Waals surface area (Å²) in [5, 5.41) is 3.79. The molecule has 3 aromatic rings. The molecule has 2 aliphatic rings. The van der Waals surface area contributed by atoms with Crippen molar-refractivity contribution >= 4 is 5.91 Å². The van der Waals surface area contributed by atoms with E-state index in [0.29, 0.717) is 35.8 Å². The van der Waals surface area contributed by atoms with Gasteiger partial charge in [-0.15, -0.1) is 0 Å². The minimum Gasteiger partial charge on any atom is -0.368 e. The number of rotatable bonds is 5. The third-order valence-corrected chi connectivity index (χ3v) is 7.47.